The molecule has 2 aromatic carbocycles. The number of aryl methyl sites for hydroxylation is 1. The van der Waals surface area contributed by atoms with Crippen molar-refractivity contribution >= 4 is 28.3 Å². The standard InChI is InChI=1S/C22H23N3O2S/c1-16(12-13-17-8-4-2-5-9-17)23-20(26)14-19-15-28-22(24-19)25-21(27)18-10-6-3-7-11-18/h2-11,15-16H,12-14H2,1H3,(H,23,26)(H,24,25,27). The predicted octanol–water partition coefficient (Wildman–Crippen LogP) is 4.08. The van der Waals surface area contributed by atoms with Gasteiger partial charge in [0.25, 0.3) is 5.91 Å². The van der Waals surface area contributed by atoms with Gasteiger partial charge in [0.15, 0.2) is 5.13 Å². The van der Waals surface area contributed by atoms with Crippen LogP contribution in [0.4, 0.5) is 5.13 Å². The summed E-state index contributed by atoms with van der Waals surface area (Å²) < 4.78 is 0. The Balaban J connectivity index is 1.45. The number of carbonyl (C=O) groups is 2. The molecule has 1 heterocycles. The molecular weight excluding hydrogens is 370 g/mol. The van der Waals surface area contributed by atoms with Crippen molar-refractivity contribution in [2.75, 3.05) is 5.32 Å². The molecule has 28 heavy (non-hydrogen) atoms. The molecule has 1 atom stereocenters. The molecule has 1 aromatic heterocycles. The van der Waals surface area contributed by atoms with E-state index in [1.54, 1.807) is 17.5 Å². The molecular formula is C22H23N3O2S. The lowest BCUT2D eigenvalue weighted by Gasteiger charge is -2.13. The third-order valence-electron chi connectivity index (χ3n) is 4.27. The van der Waals surface area contributed by atoms with Crippen LogP contribution in [0.2, 0.25) is 0 Å². The Kier molecular flexibility index (Phi) is 6.92. The second-order valence-electron chi connectivity index (χ2n) is 6.63. The normalized spacial score (nSPS) is 11.6. The van der Waals surface area contributed by atoms with E-state index in [9.17, 15) is 9.59 Å². The van der Waals surface area contributed by atoms with E-state index in [0.29, 0.717) is 16.4 Å². The first-order chi connectivity index (χ1) is 13.6. The van der Waals surface area contributed by atoms with E-state index in [-0.39, 0.29) is 24.3 Å². The maximum absolute atomic E-state index is 12.3. The fraction of sp³-hybridized carbons (Fsp3) is 0.227. The number of nitrogens with one attached hydrogen (secondary N) is 2. The molecule has 2 N–H and O–H groups in total. The number of anilines is 1. The summed E-state index contributed by atoms with van der Waals surface area (Å²) in [7, 11) is 0. The zero-order chi connectivity index (χ0) is 19.8. The zero-order valence-corrected chi connectivity index (χ0v) is 16.5. The Labute approximate surface area is 168 Å². The lowest BCUT2D eigenvalue weighted by molar-refractivity contribution is -0.121. The molecule has 3 rings (SSSR count). The lowest BCUT2D eigenvalue weighted by Crippen LogP contribution is -2.34. The smallest absolute Gasteiger partial charge is 0.257 e. The molecule has 0 radical (unpaired) electrons. The topological polar surface area (TPSA) is 71.1 Å². The zero-order valence-electron chi connectivity index (χ0n) is 15.7. The third kappa shape index (κ3) is 6.03. The molecule has 144 valence electrons. The predicted molar refractivity (Wildman–Crippen MR) is 113 cm³/mol. The number of hydrogen-bond acceptors (Lipinski definition) is 4. The van der Waals surface area contributed by atoms with Crippen molar-refractivity contribution in [1.29, 1.82) is 0 Å². The molecule has 3 aromatic rings. The molecule has 0 saturated carbocycles. The van der Waals surface area contributed by atoms with Gasteiger partial charge in [-0.15, -0.1) is 11.3 Å². The van der Waals surface area contributed by atoms with Gasteiger partial charge in [-0.25, -0.2) is 4.98 Å². The largest absolute Gasteiger partial charge is 0.353 e. The summed E-state index contributed by atoms with van der Waals surface area (Å²) in [6.07, 6.45) is 2.01. The van der Waals surface area contributed by atoms with Crippen molar-refractivity contribution in [2.24, 2.45) is 0 Å². The van der Waals surface area contributed by atoms with Gasteiger partial charge in [0.1, 0.15) is 0 Å². The Bertz CT molecular complexity index is 910. The molecule has 0 bridgehead atoms. The molecule has 0 fully saturated rings. The summed E-state index contributed by atoms with van der Waals surface area (Å²) in [5, 5.41) is 8.08. The molecule has 0 aliphatic heterocycles. The fourth-order valence-corrected chi connectivity index (χ4v) is 3.50. The average Bonchev–Trinajstić information content (AvgIpc) is 3.14. The molecule has 0 spiro atoms. The monoisotopic (exact) mass is 393 g/mol. The van der Waals surface area contributed by atoms with Crippen LogP contribution in [0.1, 0.15) is 35.0 Å². The van der Waals surface area contributed by atoms with Crippen molar-refractivity contribution in [3.8, 4) is 0 Å². The van der Waals surface area contributed by atoms with Crippen LogP contribution in [0.5, 0.6) is 0 Å². The molecule has 0 aliphatic carbocycles. The number of benzene rings is 2. The van der Waals surface area contributed by atoms with Gasteiger partial charge in [-0.05, 0) is 37.5 Å². The van der Waals surface area contributed by atoms with Crippen LogP contribution in [-0.4, -0.2) is 22.8 Å². The Morgan fingerprint density at radius 1 is 1.04 bits per heavy atom. The minimum atomic E-state index is -0.208. The Morgan fingerprint density at radius 3 is 2.43 bits per heavy atom. The summed E-state index contributed by atoms with van der Waals surface area (Å²) in [4.78, 5) is 28.8. The van der Waals surface area contributed by atoms with E-state index in [2.05, 4.69) is 27.8 Å². The average molecular weight is 394 g/mol. The van der Waals surface area contributed by atoms with Crippen LogP contribution in [0.3, 0.4) is 0 Å². The number of aromatic nitrogens is 1. The van der Waals surface area contributed by atoms with E-state index in [1.165, 1.54) is 16.9 Å². The summed E-state index contributed by atoms with van der Waals surface area (Å²) in [6, 6.07) is 19.3. The third-order valence-corrected chi connectivity index (χ3v) is 5.07. The molecule has 6 heteroatoms. The van der Waals surface area contributed by atoms with Crippen molar-refractivity contribution in [3.05, 3.63) is 82.9 Å². The van der Waals surface area contributed by atoms with Crippen LogP contribution in [-0.2, 0) is 17.6 Å². The van der Waals surface area contributed by atoms with Gasteiger partial charge < -0.3 is 5.32 Å². The highest BCUT2D eigenvalue weighted by atomic mass is 32.1. The summed E-state index contributed by atoms with van der Waals surface area (Å²) in [5.41, 5.74) is 2.49. The van der Waals surface area contributed by atoms with E-state index in [1.807, 2.05) is 43.3 Å². The molecule has 1 unspecified atom stereocenters. The Morgan fingerprint density at radius 2 is 1.71 bits per heavy atom. The van der Waals surface area contributed by atoms with Gasteiger partial charge in [0.05, 0.1) is 12.1 Å². The van der Waals surface area contributed by atoms with Gasteiger partial charge in [-0.1, -0.05) is 48.5 Å². The van der Waals surface area contributed by atoms with E-state index >= 15 is 0 Å². The van der Waals surface area contributed by atoms with Crippen LogP contribution in [0, 0.1) is 0 Å². The molecule has 5 nitrogen and oxygen atoms in total. The molecule has 2 amide bonds. The fourth-order valence-electron chi connectivity index (χ4n) is 2.79. The van der Waals surface area contributed by atoms with Gasteiger partial charge in [0, 0.05) is 17.0 Å². The SMILES string of the molecule is CC(CCc1ccccc1)NC(=O)Cc1csc(NC(=O)c2ccccc2)n1. The minimum Gasteiger partial charge on any atom is -0.353 e. The van der Waals surface area contributed by atoms with Crippen LogP contribution in [0.25, 0.3) is 0 Å². The second kappa shape index (κ2) is 9.80. The van der Waals surface area contributed by atoms with Crippen LogP contribution >= 0.6 is 11.3 Å². The maximum Gasteiger partial charge on any atom is 0.257 e. The highest BCUT2D eigenvalue weighted by Gasteiger charge is 2.13. The van der Waals surface area contributed by atoms with Gasteiger partial charge in [-0.2, -0.15) is 0 Å². The minimum absolute atomic E-state index is 0.0632. The number of amides is 2. The summed E-state index contributed by atoms with van der Waals surface area (Å²) >= 11 is 1.32. The van der Waals surface area contributed by atoms with Crippen molar-refractivity contribution < 1.29 is 9.59 Å². The summed E-state index contributed by atoms with van der Waals surface area (Å²) in [5.74, 6) is -0.271. The van der Waals surface area contributed by atoms with E-state index in [4.69, 9.17) is 0 Å². The van der Waals surface area contributed by atoms with Crippen molar-refractivity contribution in [2.45, 2.75) is 32.2 Å². The number of carbonyl (C=O) groups excluding carboxylic acids is 2. The quantitative estimate of drug-likeness (QED) is 0.606. The van der Waals surface area contributed by atoms with E-state index in [0.717, 1.165) is 12.8 Å². The van der Waals surface area contributed by atoms with Gasteiger partial charge in [-0.3, -0.25) is 14.9 Å². The highest BCUT2D eigenvalue weighted by Crippen LogP contribution is 2.17. The lowest BCUT2D eigenvalue weighted by atomic mass is 10.1. The summed E-state index contributed by atoms with van der Waals surface area (Å²) in [6.45, 7) is 2.01. The van der Waals surface area contributed by atoms with Crippen molar-refractivity contribution in [3.63, 3.8) is 0 Å². The Hall–Kier alpha value is -2.99. The number of nitrogens with zero attached hydrogens (tertiary/aromatic N) is 1. The molecule has 0 saturated heterocycles. The van der Waals surface area contributed by atoms with Crippen LogP contribution < -0.4 is 10.6 Å². The maximum atomic E-state index is 12.3. The van der Waals surface area contributed by atoms with Crippen molar-refractivity contribution in [1.82, 2.24) is 10.3 Å². The second-order valence-corrected chi connectivity index (χ2v) is 7.49. The first-order valence-corrected chi connectivity index (χ1v) is 10.1. The van der Waals surface area contributed by atoms with Gasteiger partial charge >= 0.3 is 0 Å². The first kappa shape index (κ1) is 19.8. The first-order valence-electron chi connectivity index (χ1n) is 9.24. The highest BCUT2D eigenvalue weighted by molar-refractivity contribution is 7.14. The number of hydrogen-bond donors (Lipinski definition) is 2. The molecule has 0 aliphatic rings. The van der Waals surface area contributed by atoms with Crippen LogP contribution in [0.15, 0.2) is 66.0 Å². The van der Waals surface area contributed by atoms with E-state index < -0.39 is 0 Å². The number of rotatable bonds is 8. The number of thiazole rings is 1. The van der Waals surface area contributed by atoms with Gasteiger partial charge in [0.2, 0.25) is 5.91 Å².